The Morgan fingerprint density at radius 1 is 1.07 bits per heavy atom. The number of esters is 1. The summed E-state index contributed by atoms with van der Waals surface area (Å²) in [6.07, 6.45) is 5.07. The Labute approximate surface area is 170 Å². The number of likely N-dealkylation sites (tertiary alicyclic amines) is 1. The number of anilines is 1. The number of ether oxygens (including phenoxy) is 1. The first-order valence-electron chi connectivity index (χ1n) is 10.4. The molecule has 7 nitrogen and oxygen atoms in total. The highest BCUT2D eigenvalue weighted by atomic mass is 16.5. The smallest absolute Gasteiger partial charge is 0.338 e. The highest BCUT2D eigenvalue weighted by molar-refractivity contribution is 6.06. The van der Waals surface area contributed by atoms with Crippen molar-refractivity contribution in [2.45, 2.75) is 44.9 Å². The summed E-state index contributed by atoms with van der Waals surface area (Å²) in [5.74, 6) is -1.15. The lowest BCUT2D eigenvalue weighted by Crippen LogP contribution is -2.39. The Kier molecular flexibility index (Phi) is 5.39. The number of amides is 3. The maximum Gasteiger partial charge on any atom is 0.338 e. The number of benzene rings is 1. The quantitative estimate of drug-likeness (QED) is 0.574. The third-order valence-corrected chi connectivity index (χ3v) is 6.44. The fourth-order valence-corrected chi connectivity index (χ4v) is 4.98. The number of hydrogen-bond acceptors (Lipinski definition) is 5. The maximum absolute atomic E-state index is 13.0. The molecule has 1 aromatic carbocycles. The topological polar surface area (TPSA) is 84.0 Å². The molecule has 2 fully saturated rings. The molecule has 1 saturated heterocycles. The van der Waals surface area contributed by atoms with Crippen molar-refractivity contribution in [3.8, 4) is 0 Å². The molecule has 1 saturated carbocycles. The van der Waals surface area contributed by atoms with Crippen LogP contribution < -0.4 is 4.90 Å². The van der Waals surface area contributed by atoms with Gasteiger partial charge in [-0.1, -0.05) is 18.9 Å². The second kappa shape index (κ2) is 7.97. The van der Waals surface area contributed by atoms with Crippen molar-refractivity contribution in [1.82, 2.24) is 4.90 Å². The van der Waals surface area contributed by atoms with E-state index in [0.717, 1.165) is 43.4 Å². The summed E-state index contributed by atoms with van der Waals surface area (Å²) in [4.78, 5) is 53.2. The van der Waals surface area contributed by atoms with Gasteiger partial charge in [-0.2, -0.15) is 0 Å². The molecule has 4 rings (SSSR count). The molecule has 29 heavy (non-hydrogen) atoms. The van der Waals surface area contributed by atoms with Gasteiger partial charge in [0.1, 0.15) is 0 Å². The lowest BCUT2D eigenvalue weighted by atomic mass is 9.81. The molecule has 0 unspecified atom stereocenters. The predicted molar refractivity (Wildman–Crippen MR) is 105 cm³/mol. The number of imide groups is 1. The van der Waals surface area contributed by atoms with Gasteiger partial charge in [0.2, 0.25) is 17.7 Å². The molecule has 0 bridgehead atoms. The van der Waals surface area contributed by atoms with E-state index in [1.165, 1.54) is 12.0 Å². The Morgan fingerprint density at radius 2 is 1.76 bits per heavy atom. The van der Waals surface area contributed by atoms with E-state index in [2.05, 4.69) is 0 Å². The molecule has 2 heterocycles. The maximum atomic E-state index is 13.0. The van der Waals surface area contributed by atoms with E-state index in [9.17, 15) is 19.2 Å². The molecule has 0 radical (unpaired) electrons. The summed E-state index contributed by atoms with van der Waals surface area (Å²) in [5.41, 5.74) is 2.02. The highest BCUT2D eigenvalue weighted by Crippen LogP contribution is 2.38. The third-order valence-electron chi connectivity index (χ3n) is 6.44. The average Bonchev–Trinajstić information content (AvgIpc) is 3.00. The standard InChI is InChI=1S/C22H26N2O5/c1-29-22(28)17-8-4-10-18-14(17)9-5-12-23(18)19(25)11-13-24-20(26)15-6-2-3-7-16(15)21(24)27/h4,8,10,15-16H,2-3,5-7,9,11-13H2,1H3/t15-,16-/m1/s1. The molecule has 2 aliphatic heterocycles. The molecule has 7 heteroatoms. The largest absolute Gasteiger partial charge is 0.465 e. The van der Waals surface area contributed by atoms with Gasteiger partial charge in [0.05, 0.1) is 24.5 Å². The summed E-state index contributed by atoms with van der Waals surface area (Å²) in [5, 5.41) is 0. The number of hydrogen-bond donors (Lipinski definition) is 0. The van der Waals surface area contributed by atoms with Crippen LogP contribution in [-0.2, 0) is 25.5 Å². The molecular weight excluding hydrogens is 372 g/mol. The van der Waals surface area contributed by atoms with Gasteiger partial charge in [-0.05, 0) is 43.4 Å². The highest BCUT2D eigenvalue weighted by Gasteiger charge is 2.48. The fraction of sp³-hybridized carbons (Fsp3) is 0.545. The number of nitrogens with zero attached hydrogens (tertiary/aromatic N) is 2. The van der Waals surface area contributed by atoms with Gasteiger partial charge in [0.25, 0.3) is 0 Å². The third kappa shape index (κ3) is 3.43. The van der Waals surface area contributed by atoms with Crippen molar-refractivity contribution < 1.29 is 23.9 Å². The molecule has 154 valence electrons. The van der Waals surface area contributed by atoms with Gasteiger partial charge in [0.15, 0.2) is 0 Å². The minimum Gasteiger partial charge on any atom is -0.465 e. The van der Waals surface area contributed by atoms with Crippen LogP contribution in [0.4, 0.5) is 5.69 Å². The van der Waals surface area contributed by atoms with Gasteiger partial charge < -0.3 is 9.64 Å². The minimum atomic E-state index is -0.410. The summed E-state index contributed by atoms with van der Waals surface area (Å²) in [6, 6.07) is 5.29. The van der Waals surface area contributed by atoms with Crippen molar-refractivity contribution in [3.63, 3.8) is 0 Å². The number of methoxy groups -OCH3 is 1. The first-order valence-corrected chi connectivity index (χ1v) is 10.4. The van der Waals surface area contributed by atoms with Crippen molar-refractivity contribution in [1.29, 1.82) is 0 Å². The summed E-state index contributed by atoms with van der Waals surface area (Å²) >= 11 is 0. The van der Waals surface area contributed by atoms with Gasteiger partial charge in [-0.25, -0.2) is 4.79 Å². The van der Waals surface area contributed by atoms with Crippen LogP contribution in [0.5, 0.6) is 0 Å². The Bertz CT molecular complexity index is 841. The summed E-state index contributed by atoms with van der Waals surface area (Å²) in [7, 11) is 1.34. The van der Waals surface area contributed by atoms with Crippen LogP contribution in [-0.4, -0.2) is 48.8 Å². The predicted octanol–water partition coefficient (Wildman–Crippen LogP) is 2.32. The molecule has 3 aliphatic rings. The Morgan fingerprint density at radius 3 is 2.41 bits per heavy atom. The van der Waals surface area contributed by atoms with Gasteiger partial charge in [-0.3, -0.25) is 19.3 Å². The van der Waals surface area contributed by atoms with Crippen LogP contribution in [0.25, 0.3) is 0 Å². The monoisotopic (exact) mass is 398 g/mol. The lowest BCUT2D eigenvalue weighted by molar-refractivity contribution is -0.140. The minimum absolute atomic E-state index is 0.0960. The first-order chi connectivity index (χ1) is 14.0. The van der Waals surface area contributed by atoms with Crippen molar-refractivity contribution >= 4 is 29.4 Å². The number of carbonyl (C=O) groups excluding carboxylic acids is 4. The van der Waals surface area contributed by atoms with E-state index in [0.29, 0.717) is 18.5 Å². The Hall–Kier alpha value is -2.70. The number of fused-ring (bicyclic) bond motifs is 2. The molecular formula is C22H26N2O5. The number of rotatable bonds is 4. The van der Waals surface area contributed by atoms with E-state index >= 15 is 0 Å². The van der Waals surface area contributed by atoms with Crippen molar-refractivity contribution in [3.05, 3.63) is 29.3 Å². The van der Waals surface area contributed by atoms with Crippen LogP contribution in [0.2, 0.25) is 0 Å². The molecule has 1 aliphatic carbocycles. The average molecular weight is 398 g/mol. The SMILES string of the molecule is COC(=O)c1cccc2c1CCCN2C(=O)CCN1C(=O)[C@@H]2CCCC[C@H]2C1=O. The molecule has 1 aromatic rings. The first kappa shape index (κ1) is 19.6. The van der Waals surface area contributed by atoms with E-state index in [1.54, 1.807) is 17.0 Å². The van der Waals surface area contributed by atoms with Crippen LogP contribution in [0, 0.1) is 11.8 Å². The zero-order chi connectivity index (χ0) is 20.5. The van der Waals surface area contributed by atoms with Gasteiger partial charge in [0, 0.05) is 25.2 Å². The second-order valence-corrected chi connectivity index (χ2v) is 8.02. The van der Waals surface area contributed by atoms with Crippen molar-refractivity contribution in [2.75, 3.05) is 25.1 Å². The molecule has 0 N–H and O–H groups in total. The zero-order valence-electron chi connectivity index (χ0n) is 16.7. The van der Waals surface area contributed by atoms with E-state index in [4.69, 9.17) is 4.74 Å². The van der Waals surface area contributed by atoms with Crippen LogP contribution in [0.3, 0.4) is 0 Å². The summed E-state index contributed by atoms with van der Waals surface area (Å²) in [6.45, 7) is 0.690. The zero-order valence-corrected chi connectivity index (χ0v) is 16.7. The second-order valence-electron chi connectivity index (χ2n) is 8.02. The van der Waals surface area contributed by atoms with E-state index in [1.807, 2.05) is 6.07 Å². The fourth-order valence-electron chi connectivity index (χ4n) is 4.98. The lowest BCUT2D eigenvalue weighted by Gasteiger charge is -2.31. The summed E-state index contributed by atoms with van der Waals surface area (Å²) < 4.78 is 4.86. The van der Waals surface area contributed by atoms with E-state index in [-0.39, 0.29) is 42.5 Å². The van der Waals surface area contributed by atoms with Crippen LogP contribution in [0.1, 0.15) is 54.4 Å². The van der Waals surface area contributed by atoms with Crippen LogP contribution in [0.15, 0.2) is 18.2 Å². The van der Waals surface area contributed by atoms with E-state index < -0.39 is 5.97 Å². The number of carbonyl (C=O) groups is 4. The van der Waals surface area contributed by atoms with Crippen LogP contribution >= 0.6 is 0 Å². The van der Waals surface area contributed by atoms with Crippen molar-refractivity contribution in [2.24, 2.45) is 11.8 Å². The molecule has 0 spiro atoms. The normalized spacial score (nSPS) is 23.6. The molecule has 0 aromatic heterocycles. The molecule has 2 atom stereocenters. The van der Waals surface area contributed by atoms with Gasteiger partial charge >= 0.3 is 5.97 Å². The molecule has 3 amide bonds. The Balaban J connectivity index is 1.47. The van der Waals surface area contributed by atoms with Gasteiger partial charge in [-0.15, -0.1) is 0 Å².